The fourth-order valence-electron chi connectivity index (χ4n) is 2.85. The fourth-order valence-corrected chi connectivity index (χ4v) is 2.85. The number of rotatable bonds is 2. The van der Waals surface area contributed by atoms with Crippen molar-refractivity contribution in [1.82, 2.24) is 4.90 Å². The Morgan fingerprint density at radius 3 is 2.39 bits per heavy atom. The Hall–Kier alpha value is -2.43. The van der Waals surface area contributed by atoms with E-state index in [9.17, 15) is 13.6 Å². The SMILES string of the molecule is Cc1cccc(C(=O)N2CCN(c3ccc(F)cc3F)CC2)c1. The van der Waals surface area contributed by atoms with Gasteiger partial charge in [-0.3, -0.25) is 4.79 Å². The van der Waals surface area contributed by atoms with Gasteiger partial charge in [0.15, 0.2) is 0 Å². The minimum Gasteiger partial charge on any atom is -0.366 e. The molecule has 1 heterocycles. The fraction of sp³-hybridized carbons (Fsp3) is 0.278. The average molecular weight is 316 g/mol. The second-order valence-electron chi connectivity index (χ2n) is 5.74. The first-order valence-electron chi connectivity index (χ1n) is 7.60. The Morgan fingerprint density at radius 1 is 1.00 bits per heavy atom. The number of piperazine rings is 1. The molecule has 0 saturated carbocycles. The van der Waals surface area contributed by atoms with E-state index in [0.717, 1.165) is 11.6 Å². The lowest BCUT2D eigenvalue weighted by Crippen LogP contribution is -2.49. The van der Waals surface area contributed by atoms with Gasteiger partial charge in [0.05, 0.1) is 5.69 Å². The Kier molecular flexibility index (Phi) is 4.28. The second-order valence-corrected chi connectivity index (χ2v) is 5.74. The maximum absolute atomic E-state index is 13.8. The first kappa shape index (κ1) is 15.5. The van der Waals surface area contributed by atoms with Crippen LogP contribution in [0.3, 0.4) is 0 Å². The molecule has 0 aliphatic carbocycles. The summed E-state index contributed by atoms with van der Waals surface area (Å²) in [5.74, 6) is -1.16. The molecule has 120 valence electrons. The smallest absolute Gasteiger partial charge is 0.253 e. The van der Waals surface area contributed by atoms with E-state index < -0.39 is 11.6 Å². The molecule has 0 radical (unpaired) electrons. The van der Waals surface area contributed by atoms with Crippen LogP contribution in [-0.2, 0) is 0 Å². The van der Waals surface area contributed by atoms with E-state index in [2.05, 4.69) is 0 Å². The monoisotopic (exact) mass is 316 g/mol. The van der Waals surface area contributed by atoms with Crippen LogP contribution in [0.1, 0.15) is 15.9 Å². The highest BCUT2D eigenvalue weighted by molar-refractivity contribution is 5.94. The van der Waals surface area contributed by atoms with Crippen LogP contribution in [-0.4, -0.2) is 37.0 Å². The van der Waals surface area contributed by atoms with Crippen molar-refractivity contribution < 1.29 is 13.6 Å². The molecule has 1 saturated heterocycles. The molecule has 3 rings (SSSR count). The second kappa shape index (κ2) is 6.36. The van der Waals surface area contributed by atoms with Crippen molar-refractivity contribution in [3.63, 3.8) is 0 Å². The Morgan fingerprint density at radius 2 is 1.74 bits per heavy atom. The van der Waals surface area contributed by atoms with Crippen LogP contribution >= 0.6 is 0 Å². The minimum atomic E-state index is -0.584. The summed E-state index contributed by atoms with van der Waals surface area (Å²) in [6, 6.07) is 11.1. The molecule has 23 heavy (non-hydrogen) atoms. The van der Waals surface area contributed by atoms with Crippen molar-refractivity contribution in [3.8, 4) is 0 Å². The Balaban J connectivity index is 1.67. The summed E-state index contributed by atoms with van der Waals surface area (Å²) in [4.78, 5) is 16.1. The van der Waals surface area contributed by atoms with E-state index >= 15 is 0 Å². The maximum Gasteiger partial charge on any atom is 0.253 e. The van der Waals surface area contributed by atoms with Crippen LogP contribution in [0.4, 0.5) is 14.5 Å². The van der Waals surface area contributed by atoms with Gasteiger partial charge in [-0.15, -0.1) is 0 Å². The van der Waals surface area contributed by atoms with E-state index in [4.69, 9.17) is 0 Å². The van der Waals surface area contributed by atoms with E-state index in [1.807, 2.05) is 30.0 Å². The third kappa shape index (κ3) is 3.33. The summed E-state index contributed by atoms with van der Waals surface area (Å²) in [6.07, 6.45) is 0. The number of aryl methyl sites for hydroxylation is 1. The topological polar surface area (TPSA) is 23.6 Å². The molecule has 1 fully saturated rings. The van der Waals surface area contributed by atoms with Crippen molar-refractivity contribution in [3.05, 3.63) is 65.2 Å². The van der Waals surface area contributed by atoms with Crippen LogP contribution in [0.25, 0.3) is 0 Å². The zero-order chi connectivity index (χ0) is 16.4. The van der Waals surface area contributed by atoms with Gasteiger partial charge in [0.25, 0.3) is 5.91 Å². The molecule has 0 aromatic heterocycles. The van der Waals surface area contributed by atoms with Crippen molar-refractivity contribution in [2.75, 3.05) is 31.1 Å². The number of halogens is 2. The van der Waals surface area contributed by atoms with Gasteiger partial charge >= 0.3 is 0 Å². The predicted octanol–water partition coefficient (Wildman–Crippen LogP) is 3.24. The van der Waals surface area contributed by atoms with Gasteiger partial charge in [0.2, 0.25) is 0 Å². The number of hydrogen-bond donors (Lipinski definition) is 0. The normalized spacial score (nSPS) is 14.9. The summed E-state index contributed by atoms with van der Waals surface area (Å²) in [5.41, 5.74) is 2.10. The molecule has 5 heteroatoms. The van der Waals surface area contributed by atoms with Crippen LogP contribution in [0.2, 0.25) is 0 Å². The highest BCUT2D eigenvalue weighted by Gasteiger charge is 2.23. The first-order chi connectivity index (χ1) is 11.0. The maximum atomic E-state index is 13.8. The molecule has 0 bridgehead atoms. The molecule has 1 aliphatic rings. The largest absolute Gasteiger partial charge is 0.366 e. The van der Waals surface area contributed by atoms with Crippen LogP contribution in [0, 0.1) is 18.6 Å². The van der Waals surface area contributed by atoms with Gasteiger partial charge < -0.3 is 9.80 Å². The number of carbonyl (C=O) groups excluding carboxylic acids is 1. The summed E-state index contributed by atoms with van der Waals surface area (Å²) in [7, 11) is 0. The van der Waals surface area contributed by atoms with Crippen LogP contribution in [0.5, 0.6) is 0 Å². The molecule has 1 amide bonds. The van der Waals surface area contributed by atoms with Gasteiger partial charge in [-0.2, -0.15) is 0 Å². The highest BCUT2D eigenvalue weighted by atomic mass is 19.1. The standard InChI is InChI=1S/C18H18F2N2O/c1-13-3-2-4-14(11-13)18(23)22-9-7-21(8-10-22)17-6-5-15(19)12-16(17)20/h2-6,11-12H,7-10H2,1H3. The minimum absolute atomic E-state index is 0.00655. The van der Waals surface area contributed by atoms with E-state index in [1.54, 1.807) is 11.0 Å². The summed E-state index contributed by atoms with van der Waals surface area (Å²) < 4.78 is 26.8. The van der Waals surface area contributed by atoms with Crippen LogP contribution < -0.4 is 4.90 Å². The van der Waals surface area contributed by atoms with Gasteiger partial charge in [-0.05, 0) is 31.2 Å². The average Bonchev–Trinajstić information content (AvgIpc) is 2.54. The van der Waals surface area contributed by atoms with E-state index in [-0.39, 0.29) is 5.91 Å². The number of carbonyl (C=O) groups is 1. The van der Waals surface area contributed by atoms with E-state index in [1.165, 1.54) is 12.1 Å². The quantitative estimate of drug-likeness (QED) is 0.849. The predicted molar refractivity (Wildman–Crippen MR) is 85.7 cm³/mol. The van der Waals surface area contributed by atoms with Crippen molar-refractivity contribution >= 4 is 11.6 Å². The Bertz CT molecular complexity index is 725. The summed E-state index contributed by atoms with van der Waals surface area (Å²) in [6.45, 7) is 4.04. The number of hydrogen-bond acceptors (Lipinski definition) is 2. The molecule has 1 aliphatic heterocycles. The lowest BCUT2D eigenvalue weighted by Gasteiger charge is -2.36. The molecule has 2 aromatic rings. The third-order valence-electron chi connectivity index (χ3n) is 4.08. The highest BCUT2D eigenvalue weighted by Crippen LogP contribution is 2.22. The molecule has 3 nitrogen and oxygen atoms in total. The number of anilines is 1. The summed E-state index contributed by atoms with van der Waals surface area (Å²) in [5, 5.41) is 0. The molecule has 0 N–H and O–H groups in total. The lowest BCUT2D eigenvalue weighted by atomic mass is 10.1. The number of benzene rings is 2. The van der Waals surface area contributed by atoms with Crippen molar-refractivity contribution in [1.29, 1.82) is 0 Å². The molecule has 2 aromatic carbocycles. The van der Waals surface area contributed by atoms with Gasteiger partial charge in [0.1, 0.15) is 11.6 Å². The molecule has 0 spiro atoms. The van der Waals surface area contributed by atoms with E-state index in [0.29, 0.717) is 37.4 Å². The zero-order valence-corrected chi connectivity index (χ0v) is 12.9. The zero-order valence-electron chi connectivity index (χ0n) is 12.9. The summed E-state index contributed by atoms with van der Waals surface area (Å²) >= 11 is 0. The third-order valence-corrected chi connectivity index (χ3v) is 4.08. The molecule has 0 atom stereocenters. The lowest BCUT2D eigenvalue weighted by molar-refractivity contribution is 0.0746. The van der Waals surface area contributed by atoms with Gasteiger partial charge in [0, 0.05) is 37.8 Å². The Labute approximate surface area is 134 Å². The number of nitrogens with zero attached hydrogens (tertiary/aromatic N) is 2. The van der Waals surface area contributed by atoms with Gasteiger partial charge in [-0.1, -0.05) is 17.7 Å². The molecular weight excluding hydrogens is 298 g/mol. The van der Waals surface area contributed by atoms with Crippen molar-refractivity contribution in [2.24, 2.45) is 0 Å². The molecule has 0 unspecified atom stereocenters. The van der Waals surface area contributed by atoms with Crippen LogP contribution in [0.15, 0.2) is 42.5 Å². The van der Waals surface area contributed by atoms with Crippen molar-refractivity contribution in [2.45, 2.75) is 6.92 Å². The molecular formula is C18H18F2N2O. The van der Waals surface area contributed by atoms with Gasteiger partial charge in [-0.25, -0.2) is 8.78 Å². The first-order valence-corrected chi connectivity index (χ1v) is 7.60. The number of amides is 1.